The summed E-state index contributed by atoms with van der Waals surface area (Å²) >= 11 is 7.66. The number of carbonyl (C=O) groups is 2. The molecule has 1 aliphatic heterocycles. The van der Waals surface area contributed by atoms with E-state index in [1.807, 2.05) is 17.8 Å². The standard InChI is InChI=1S/C19H23ClN4O4S/c1-19(2,3)28-17(26)14-11-24(7-8-27-14)16(25)12-9-13(20)15(22-10-12)29-18-21-5-6-23(18)4/h5-6,9-10,14H,7-8,11H2,1-4H3. The van der Waals surface area contributed by atoms with Gasteiger partial charge in [-0.05, 0) is 38.6 Å². The van der Waals surface area contributed by atoms with Crippen molar-refractivity contribution in [3.8, 4) is 0 Å². The van der Waals surface area contributed by atoms with Crippen LogP contribution in [0.3, 0.4) is 0 Å². The maximum absolute atomic E-state index is 12.9. The molecular weight excluding hydrogens is 416 g/mol. The number of imidazole rings is 1. The van der Waals surface area contributed by atoms with Crippen LogP contribution in [0.15, 0.2) is 34.8 Å². The summed E-state index contributed by atoms with van der Waals surface area (Å²) in [6.07, 6.45) is 4.19. The van der Waals surface area contributed by atoms with E-state index in [2.05, 4.69) is 9.97 Å². The van der Waals surface area contributed by atoms with E-state index in [1.54, 1.807) is 37.9 Å². The summed E-state index contributed by atoms with van der Waals surface area (Å²) in [7, 11) is 1.88. The predicted molar refractivity (Wildman–Crippen MR) is 108 cm³/mol. The van der Waals surface area contributed by atoms with Crippen molar-refractivity contribution in [1.29, 1.82) is 0 Å². The van der Waals surface area contributed by atoms with Gasteiger partial charge in [0.25, 0.3) is 5.91 Å². The Morgan fingerprint density at radius 1 is 1.34 bits per heavy atom. The monoisotopic (exact) mass is 438 g/mol. The number of halogens is 1. The number of rotatable bonds is 4. The lowest BCUT2D eigenvalue weighted by molar-refractivity contribution is -0.172. The van der Waals surface area contributed by atoms with Crippen LogP contribution < -0.4 is 0 Å². The molecule has 2 aromatic heterocycles. The van der Waals surface area contributed by atoms with Gasteiger partial charge in [0, 0.05) is 32.2 Å². The zero-order chi connectivity index (χ0) is 21.2. The van der Waals surface area contributed by atoms with Crippen LogP contribution in [0.25, 0.3) is 0 Å². The number of pyridine rings is 1. The van der Waals surface area contributed by atoms with Crippen LogP contribution in [-0.2, 0) is 21.3 Å². The molecule has 3 rings (SSSR count). The molecule has 1 aliphatic rings. The molecule has 1 amide bonds. The maximum atomic E-state index is 12.9. The van der Waals surface area contributed by atoms with E-state index in [4.69, 9.17) is 21.1 Å². The predicted octanol–water partition coefficient (Wildman–Crippen LogP) is 2.80. The highest BCUT2D eigenvalue weighted by molar-refractivity contribution is 7.99. The number of aromatic nitrogens is 3. The molecule has 1 fully saturated rings. The van der Waals surface area contributed by atoms with Crippen molar-refractivity contribution in [3.63, 3.8) is 0 Å². The Balaban J connectivity index is 1.69. The van der Waals surface area contributed by atoms with Gasteiger partial charge in [-0.3, -0.25) is 4.79 Å². The van der Waals surface area contributed by atoms with Crippen LogP contribution in [0.1, 0.15) is 31.1 Å². The van der Waals surface area contributed by atoms with Gasteiger partial charge < -0.3 is 18.9 Å². The van der Waals surface area contributed by atoms with Crippen LogP contribution in [-0.4, -0.2) is 62.7 Å². The molecule has 0 N–H and O–H groups in total. The topological polar surface area (TPSA) is 86.5 Å². The summed E-state index contributed by atoms with van der Waals surface area (Å²) in [5.41, 5.74) is -0.269. The number of nitrogens with zero attached hydrogens (tertiary/aromatic N) is 4. The lowest BCUT2D eigenvalue weighted by Gasteiger charge is -2.33. The smallest absolute Gasteiger partial charge is 0.337 e. The van der Waals surface area contributed by atoms with E-state index in [0.29, 0.717) is 22.2 Å². The zero-order valence-corrected chi connectivity index (χ0v) is 18.3. The summed E-state index contributed by atoms with van der Waals surface area (Å²) in [6.45, 7) is 6.11. The van der Waals surface area contributed by atoms with Crippen molar-refractivity contribution in [3.05, 3.63) is 35.2 Å². The summed E-state index contributed by atoms with van der Waals surface area (Å²) in [4.78, 5) is 35.3. The Kier molecular flexibility index (Phi) is 6.50. The Hall–Kier alpha value is -2.10. The van der Waals surface area contributed by atoms with E-state index in [9.17, 15) is 9.59 Å². The fourth-order valence-electron chi connectivity index (χ4n) is 2.68. The number of hydrogen-bond acceptors (Lipinski definition) is 7. The summed E-state index contributed by atoms with van der Waals surface area (Å²) < 4.78 is 12.7. The molecule has 8 nitrogen and oxygen atoms in total. The van der Waals surface area contributed by atoms with Crippen molar-refractivity contribution < 1.29 is 19.1 Å². The second-order valence-corrected chi connectivity index (χ2v) is 8.94. The average molecular weight is 439 g/mol. The number of carbonyl (C=O) groups excluding carboxylic acids is 2. The first kappa shape index (κ1) is 21.6. The summed E-state index contributed by atoms with van der Waals surface area (Å²) in [5, 5.41) is 1.67. The number of morpholine rings is 1. The van der Waals surface area contributed by atoms with Gasteiger partial charge in [0.1, 0.15) is 10.6 Å². The van der Waals surface area contributed by atoms with Gasteiger partial charge in [0.05, 0.1) is 23.7 Å². The lowest BCUT2D eigenvalue weighted by Crippen LogP contribution is -2.50. The quantitative estimate of drug-likeness (QED) is 0.678. The number of aryl methyl sites for hydroxylation is 1. The number of ether oxygens (including phenoxy) is 2. The van der Waals surface area contributed by atoms with Crippen LogP contribution in [0.2, 0.25) is 5.02 Å². The number of esters is 1. The molecule has 1 unspecified atom stereocenters. The average Bonchev–Trinajstić information content (AvgIpc) is 3.06. The minimum absolute atomic E-state index is 0.120. The molecule has 156 valence electrons. The molecule has 0 saturated carbocycles. The van der Waals surface area contributed by atoms with E-state index >= 15 is 0 Å². The SMILES string of the molecule is Cn1ccnc1Sc1ncc(C(=O)N2CCOC(C(=O)OC(C)(C)C)C2)cc1Cl. The molecule has 2 aromatic rings. The van der Waals surface area contributed by atoms with Crippen LogP contribution in [0, 0.1) is 0 Å². The fraction of sp³-hybridized carbons (Fsp3) is 0.474. The van der Waals surface area contributed by atoms with E-state index < -0.39 is 17.7 Å². The highest BCUT2D eigenvalue weighted by Gasteiger charge is 2.33. The van der Waals surface area contributed by atoms with Crippen molar-refractivity contribution in [2.45, 2.75) is 42.7 Å². The van der Waals surface area contributed by atoms with Crippen molar-refractivity contribution in [1.82, 2.24) is 19.4 Å². The third-order valence-electron chi connectivity index (χ3n) is 4.04. The summed E-state index contributed by atoms with van der Waals surface area (Å²) in [5.74, 6) is -0.738. The van der Waals surface area contributed by atoms with E-state index in [0.717, 1.165) is 5.16 Å². The van der Waals surface area contributed by atoms with Crippen LogP contribution in [0.5, 0.6) is 0 Å². The molecule has 0 bridgehead atoms. The molecule has 10 heteroatoms. The number of amides is 1. The van der Waals surface area contributed by atoms with Crippen molar-refractivity contribution in [2.24, 2.45) is 7.05 Å². The van der Waals surface area contributed by atoms with Crippen molar-refractivity contribution >= 4 is 35.2 Å². The van der Waals surface area contributed by atoms with Gasteiger partial charge in [0.2, 0.25) is 0 Å². The second kappa shape index (κ2) is 8.73. The second-order valence-electron chi connectivity index (χ2n) is 7.58. The third kappa shape index (κ3) is 5.49. The molecule has 1 saturated heterocycles. The Morgan fingerprint density at radius 2 is 2.10 bits per heavy atom. The Bertz CT molecular complexity index is 912. The lowest BCUT2D eigenvalue weighted by atomic mass is 10.1. The van der Waals surface area contributed by atoms with Gasteiger partial charge in [-0.15, -0.1) is 0 Å². The minimum Gasteiger partial charge on any atom is -0.458 e. The molecular formula is C19H23ClN4O4S. The normalized spacial score (nSPS) is 17.3. The minimum atomic E-state index is -0.811. The first-order valence-electron chi connectivity index (χ1n) is 9.08. The highest BCUT2D eigenvalue weighted by atomic mass is 35.5. The molecule has 0 aliphatic carbocycles. The van der Waals surface area contributed by atoms with Crippen molar-refractivity contribution in [2.75, 3.05) is 19.7 Å². The fourth-order valence-corrected chi connectivity index (χ4v) is 3.72. The molecule has 0 spiro atoms. The first-order valence-corrected chi connectivity index (χ1v) is 10.3. The molecule has 0 aromatic carbocycles. The van der Waals surface area contributed by atoms with Gasteiger partial charge in [-0.2, -0.15) is 0 Å². The van der Waals surface area contributed by atoms with E-state index in [-0.39, 0.29) is 19.1 Å². The molecule has 1 atom stereocenters. The van der Waals surface area contributed by atoms with Crippen LogP contribution in [0.4, 0.5) is 0 Å². The largest absolute Gasteiger partial charge is 0.458 e. The Labute approximate surface area is 178 Å². The maximum Gasteiger partial charge on any atom is 0.337 e. The van der Waals surface area contributed by atoms with E-state index in [1.165, 1.54) is 18.0 Å². The molecule has 0 radical (unpaired) electrons. The zero-order valence-electron chi connectivity index (χ0n) is 16.7. The van der Waals surface area contributed by atoms with Crippen LogP contribution >= 0.6 is 23.4 Å². The molecule has 3 heterocycles. The van der Waals surface area contributed by atoms with Gasteiger partial charge in [-0.1, -0.05) is 11.6 Å². The Morgan fingerprint density at radius 3 is 2.72 bits per heavy atom. The van der Waals surface area contributed by atoms with Gasteiger partial charge in [0.15, 0.2) is 11.3 Å². The van der Waals surface area contributed by atoms with Gasteiger partial charge >= 0.3 is 5.97 Å². The van der Waals surface area contributed by atoms with Gasteiger partial charge in [-0.25, -0.2) is 14.8 Å². The molecule has 29 heavy (non-hydrogen) atoms. The number of hydrogen-bond donors (Lipinski definition) is 0. The first-order chi connectivity index (χ1) is 13.6. The third-order valence-corrected chi connectivity index (χ3v) is 5.54. The summed E-state index contributed by atoms with van der Waals surface area (Å²) in [6, 6.07) is 1.58. The highest BCUT2D eigenvalue weighted by Crippen LogP contribution is 2.31.